The maximum absolute atomic E-state index is 8.50. The number of hydrogen-bond donors (Lipinski definition) is 2. The van der Waals surface area contributed by atoms with Gasteiger partial charge in [0.1, 0.15) is 5.84 Å². The van der Waals surface area contributed by atoms with Gasteiger partial charge in [0, 0.05) is 31.6 Å². The summed E-state index contributed by atoms with van der Waals surface area (Å²) in [5.74, 6) is 0.352. The van der Waals surface area contributed by atoms with Crippen LogP contribution in [0.1, 0.15) is 45.4 Å². The standard InChI is InChI=1S/C14H28N4O/c1-12-10-18-9-4-2-6-13(18)11-17(12)8-5-3-7-14(15)16-19/h12-13,19H,2-11H2,1H3,(H2,15,16). The van der Waals surface area contributed by atoms with Crippen LogP contribution in [0.15, 0.2) is 5.16 Å². The zero-order valence-corrected chi connectivity index (χ0v) is 12.1. The maximum atomic E-state index is 8.50. The van der Waals surface area contributed by atoms with Gasteiger partial charge in [-0.3, -0.25) is 9.80 Å². The van der Waals surface area contributed by atoms with Crippen molar-refractivity contribution < 1.29 is 5.21 Å². The van der Waals surface area contributed by atoms with Gasteiger partial charge < -0.3 is 10.9 Å². The third-order valence-corrected chi connectivity index (χ3v) is 4.57. The maximum Gasteiger partial charge on any atom is 0.139 e. The molecule has 2 fully saturated rings. The number of fused-ring (bicyclic) bond motifs is 1. The molecule has 2 unspecified atom stereocenters. The van der Waals surface area contributed by atoms with Crippen molar-refractivity contribution in [2.24, 2.45) is 10.9 Å². The van der Waals surface area contributed by atoms with E-state index in [2.05, 4.69) is 21.9 Å². The largest absolute Gasteiger partial charge is 0.409 e. The molecule has 0 amide bonds. The van der Waals surface area contributed by atoms with Crippen molar-refractivity contribution >= 4 is 5.84 Å². The first-order valence-electron chi connectivity index (χ1n) is 7.65. The summed E-state index contributed by atoms with van der Waals surface area (Å²) >= 11 is 0. The van der Waals surface area contributed by atoms with Gasteiger partial charge in [-0.15, -0.1) is 0 Å². The van der Waals surface area contributed by atoms with E-state index in [0.29, 0.717) is 18.3 Å². The van der Waals surface area contributed by atoms with Crippen LogP contribution in [0.25, 0.3) is 0 Å². The number of rotatable bonds is 5. The first-order valence-corrected chi connectivity index (χ1v) is 7.65. The van der Waals surface area contributed by atoms with Crippen molar-refractivity contribution in [3.05, 3.63) is 0 Å². The van der Waals surface area contributed by atoms with E-state index in [1.165, 1.54) is 38.9 Å². The van der Waals surface area contributed by atoms with E-state index in [1.54, 1.807) is 0 Å². The molecule has 2 rings (SSSR count). The van der Waals surface area contributed by atoms with Gasteiger partial charge in [0.2, 0.25) is 0 Å². The average molecular weight is 268 g/mol. The molecule has 0 aromatic rings. The van der Waals surface area contributed by atoms with Gasteiger partial charge in [0.15, 0.2) is 0 Å². The van der Waals surface area contributed by atoms with Crippen molar-refractivity contribution in [3.8, 4) is 0 Å². The van der Waals surface area contributed by atoms with Crippen LogP contribution in [0.4, 0.5) is 0 Å². The fraction of sp³-hybridized carbons (Fsp3) is 0.929. The van der Waals surface area contributed by atoms with Gasteiger partial charge in [0.05, 0.1) is 0 Å². The summed E-state index contributed by atoms with van der Waals surface area (Å²) in [6, 6.07) is 1.45. The molecule has 5 heteroatoms. The monoisotopic (exact) mass is 268 g/mol. The molecule has 2 aliphatic rings. The molecule has 0 aromatic carbocycles. The summed E-state index contributed by atoms with van der Waals surface area (Å²) < 4.78 is 0. The van der Waals surface area contributed by atoms with E-state index in [1.807, 2.05) is 0 Å². The first kappa shape index (κ1) is 14.6. The topological polar surface area (TPSA) is 65.1 Å². The lowest BCUT2D eigenvalue weighted by Crippen LogP contribution is -2.58. The summed E-state index contributed by atoms with van der Waals surface area (Å²) in [7, 11) is 0. The molecule has 2 aliphatic heterocycles. The second-order valence-electron chi connectivity index (χ2n) is 6.04. The van der Waals surface area contributed by atoms with E-state index in [-0.39, 0.29) is 0 Å². The third kappa shape index (κ3) is 4.08. The Balaban J connectivity index is 1.71. The highest BCUT2D eigenvalue weighted by Crippen LogP contribution is 2.24. The molecule has 0 saturated carbocycles. The molecule has 19 heavy (non-hydrogen) atoms. The Morgan fingerprint density at radius 3 is 2.95 bits per heavy atom. The molecule has 0 bridgehead atoms. The van der Waals surface area contributed by atoms with Gasteiger partial charge in [0.25, 0.3) is 0 Å². The Morgan fingerprint density at radius 1 is 1.32 bits per heavy atom. The SMILES string of the molecule is CC1CN2CCCCC2CN1CCCCC(N)=NO. The van der Waals surface area contributed by atoms with Gasteiger partial charge in [-0.2, -0.15) is 0 Å². The molecule has 0 aliphatic carbocycles. The Morgan fingerprint density at radius 2 is 2.16 bits per heavy atom. The number of unbranched alkanes of at least 4 members (excludes halogenated alkanes) is 1. The highest BCUT2D eigenvalue weighted by Gasteiger charge is 2.32. The lowest BCUT2D eigenvalue weighted by Gasteiger charge is -2.47. The zero-order valence-electron chi connectivity index (χ0n) is 12.1. The second kappa shape index (κ2) is 7.10. The minimum atomic E-state index is 0.352. The Labute approximate surface area is 116 Å². The quantitative estimate of drug-likeness (QED) is 0.260. The van der Waals surface area contributed by atoms with E-state index in [9.17, 15) is 0 Å². The number of oxime groups is 1. The van der Waals surface area contributed by atoms with Crippen molar-refractivity contribution in [2.75, 3.05) is 26.2 Å². The van der Waals surface area contributed by atoms with Crippen molar-refractivity contribution in [2.45, 2.75) is 57.5 Å². The zero-order chi connectivity index (χ0) is 13.7. The van der Waals surface area contributed by atoms with Crippen LogP contribution in [0.2, 0.25) is 0 Å². The Bertz CT molecular complexity index is 308. The predicted octanol–water partition coefficient (Wildman–Crippen LogP) is 1.46. The van der Waals surface area contributed by atoms with Crippen molar-refractivity contribution in [1.29, 1.82) is 0 Å². The molecule has 0 aromatic heterocycles. The van der Waals surface area contributed by atoms with Crippen molar-refractivity contribution in [1.82, 2.24) is 9.80 Å². The number of piperidine rings is 1. The van der Waals surface area contributed by atoms with E-state index < -0.39 is 0 Å². The molecule has 5 nitrogen and oxygen atoms in total. The number of hydrogen-bond acceptors (Lipinski definition) is 4. The number of nitrogens with two attached hydrogens (primary N) is 1. The minimum absolute atomic E-state index is 0.352. The highest BCUT2D eigenvalue weighted by molar-refractivity contribution is 5.79. The Hall–Kier alpha value is -0.810. The average Bonchev–Trinajstić information content (AvgIpc) is 2.43. The number of amidine groups is 1. The molecule has 2 saturated heterocycles. The van der Waals surface area contributed by atoms with Crippen LogP contribution in [0.5, 0.6) is 0 Å². The molecular formula is C14H28N4O. The van der Waals surface area contributed by atoms with Gasteiger partial charge >= 0.3 is 0 Å². The predicted molar refractivity (Wildman–Crippen MR) is 77.5 cm³/mol. The first-order chi connectivity index (χ1) is 9.20. The fourth-order valence-electron chi connectivity index (χ4n) is 3.40. The van der Waals surface area contributed by atoms with Crippen LogP contribution < -0.4 is 5.73 Å². The van der Waals surface area contributed by atoms with E-state index in [0.717, 1.165) is 25.4 Å². The molecule has 3 N–H and O–H groups in total. The summed E-state index contributed by atoms with van der Waals surface area (Å²) in [5, 5.41) is 11.5. The minimum Gasteiger partial charge on any atom is -0.409 e. The lowest BCUT2D eigenvalue weighted by atomic mass is 9.97. The molecule has 0 spiro atoms. The molecular weight excluding hydrogens is 240 g/mol. The van der Waals surface area contributed by atoms with Crippen LogP contribution >= 0.6 is 0 Å². The van der Waals surface area contributed by atoms with E-state index in [4.69, 9.17) is 10.9 Å². The van der Waals surface area contributed by atoms with Gasteiger partial charge in [-0.25, -0.2) is 0 Å². The van der Waals surface area contributed by atoms with Crippen LogP contribution in [-0.4, -0.2) is 59.1 Å². The van der Waals surface area contributed by atoms with E-state index >= 15 is 0 Å². The van der Waals surface area contributed by atoms with Crippen LogP contribution in [0.3, 0.4) is 0 Å². The second-order valence-corrected chi connectivity index (χ2v) is 6.04. The summed E-state index contributed by atoms with van der Waals surface area (Å²) in [6.45, 7) is 7.24. The van der Waals surface area contributed by atoms with Crippen molar-refractivity contribution in [3.63, 3.8) is 0 Å². The summed E-state index contributed by atoms with van der Waals surface area (Å²) in [6.07, 6.45) is 6.98. The molecule has 2 heterocycles. The van der Waals surface area contributed by atoms with Gasteiger partial charge in [-0.05, 0) is 45.7 Å². The summed E-state index contributed by atoms with van der Waals surface area (Å²) in [4.78, 5) is 5.31. The van der Waals surface area contributed by atoms with Crippen LogP contribution in [-0.2, 0) is 0 Å². The normalized spacial score (nSPS) is 30.3. The summed E-state index contributed by atoms with van der Waals surface area (Å²) in [5.41, 5.74) is 5.49. The van der Waals surface area contributed by atoms with Crippen LogP contribution in [0, 0.1) is 0 Å². The highest BCUT2D eigenvalue weighted by atomic mass is 16.4. The number of piperazine rings is 1. The smallest absolute Gasteiger partial charge is 0.139 e. The number of nitrogens with zero attached hydrogens (tertiary/aromatic N) is 3. The molecule has 110 valence electrons. The third-order valence-electron chi connectivity index (χ3n) is 4.57. The van der Waals surface area contributed by atoms with Gasteiger partial charge in [-0.1, -0.05) is 11.6 Å². The lowest BCUT2D eigenvalue weighted by molar-refractivity contribution is 0.0147. The fourth-order valence-corrected chi connectivity index (χ4v) is 3.40. The molecule has 2 atom stereocenters. The Kier molecular flexibility index (Phi) is 5.45. The molecule has 0 radical (unpaired) electrons.